The van der Waals surface area contributed by atoms with Gasteiger partial charge in [-0.25, -0.2) is 9.37 Å². The summed E-state index contributed by atoms with van der Waals surface area (Å²) >= 11 is 7.58. The van der Waals surface area contributed by atoms with Crippen LogP contribution < -0.4 is 5.32 Å². The van der Waals surface area contributed by atoms with Gasteiger partial charge in [-0.15, -0.1) is 11.8 Å². The Morgan fingerprint density at radius 3 is 2.96 bits per heavy atom. The molecule has 1 aliphatic rings. The predicted octanol–water partition coefficient (Wildman–Crippen LogP) is 4.99. The van der Waals surface area contributed by atoms with E-state index >= 15 is 0 Å². The lowest BCUT2D eigenvalue weighted by Gasteiger charge is -2.26. The number of hydrogen-bond acceptors (Lipinski definition) is 3. The molecule has 25 heavy (non-hydrogen) atoms. The summed E-state index contributed by atoms with van der Waals surface area (Å²) in [5.41, 5.74) is 2.14. The van der Waals surface area contributed by atoms with Gasteiger partial charge in [-0.2, -0.15) is 0 Å². The summed E-state index contributed by atoms with van der Waals surface area (Å²) < 4.78 is 13.6. The number of nitrogens with one attached hydrogen (secondary N) is 1. The van der Waals surface area contributed by atoms with Crippen molar-refractivity contribution in [1.82, 2.24) is 10.3 Å². The molecular formula is C19H14ClFN2OS. The minimum atomic E-state index is -0.283. The molecule has 0 saturated carbocycles. The van der Waals surface area contributed by atoms with E-state index in [1.165, 1.54) is 12.1 Å². The van der Waals surface area contributed by atoms with E-state index in [1.807, 2.05) is 6.07 Å². The van der Waals surface area contributed by atoms with Crippen LogP contribution in [0, 0.1) is 5.82 Å². The first kappa shape index (κ1) is 16.4. The lowest BCUT2D eigenvalue weighted by Crippen LogP contribution is -2.30. The van der Waals surface area contributed by atoms with Crippen LogP contribution in [-0.2, 0) is 0 Å². The summed E-state index contributed by atoms with van der Waals surface area (Å²) in [7, 11) is 0. The maximum Gasteiger partial charge on any atom is 0.251 e. The third-order valence-electron chi connectivity index (χ3n) is 4.23. The van der Waals surface area contributed by atoms with Crippen molar-refractivity contribution >= 4 is 40.2 Å². The first-order chi connectivity index (χ1) is 12.1. The molecule has 1 N–H and O–H groups in total. The maximum atomic E-state index is 13.6. The van der Waals surface area contributed by atoms with Crippen LogP contribution in [0.2, 0.25) is 5.15 Å². The molecule has 126 valence electrons. The molecule has 1 atom stereocenters. The van der Waals surface area contributed by atoms with E-state index in [0.29, 0.717) is 10.7 Å². The highest BCUT2D eigenvalue weighted by Crippen LogP contribution is 2.36. The first-order valence-electron chi connectivity index (χ1n) is 7.89. The van der Waals surface area contributed by atoms with E-state index in [1.54, 1.807) is 42.1 Å². The Morgan fingerprint density at radius 2 is 2.08 bits per heavy atom. The number of rotatable bonds is 2. The summed E-state index contributed by atoms with van der Waals surface area (Å²) in [4.78, 5) is 17.9. The van der Waals surface area contributed by atoms with Crippen molar-refractivity contribution in [2.75, 3.05) is 5.75 Å². The van der Waals surface area contributed by atoms with Crippen molar-refractivity contribution < 1.29 is 9.18 Å². The number of nitrogens with zero attached hydrogens (tertiary/aromatic N) is 1. The largest absolute Gasteiger partial charge is 0.345 e. The van der Waals surface area contributed by atoms with Crippen LogP contribution in [0.4, 0.5) is 4.39 Å². The van der Waals surface area contributed by atoms with Crippen molar-refractivity contribution in [1.29, 1.82) is 0 Å². The zero-order chi connectivity index (χ0) is 17.4. The predicted molar refractivity (Wildman–Crippen MR) is 98.7 cm³/mol. The highest BCUT2D eigenvalue weighted by Gasteiger charge is 2.23. The number of hydrogen-bond donors (Lipinski definition) is 1. The van der Waals surface area contributed by atoms with Crippen LogP contribution in [0.3, 0.4) is 0 Å². The van der Waals surface area contributed by atoms with Crippen LogP contribution in [0.1, 0.15) is 28.4 Å². The van der Waals surface area contributed by atoms with Crippen molar-refractivity contribution in [2.24, 2.45) is 0 Å². The van der Waals surface area contributed by atoms with Crippen LogP contribution in [-0.4, -0.2) is 16.6 Å². The SMILES string of the molecule is O=C(NC1CCSc2ccc(F)cc21)c1ccc2nc(Cl)ccc2c1. The number of carbonyl (C=O) groups excluding carboxylic acids is 1. The highest BCUT2D eigenvalue weighted by atomic mass is 35.5. The van der Waals surface area contributed by atoms with E-state index in [4.69, 9.17) is 11.6 Å². The molecule has 3 nitrogen and oxygen atoms in total. The smallest absolute Gasteiger partial charge is 0.251 e. The normalized spacial score (nSPS) is 16.5. The fourth-order valence-electron chi connectivity index (χ4n) is 3.00. The molecule has 0 radical (unpaired) electrons. The summed E-state index contributed by atoms with van der Waals surface area (Å²) in [6, 6.07) is 13.4. The molecule has 4 rings (SSSR count). The molecular weight excluding hydrogens is 359 g/mol. The number of aromatic nitrogens is 1. The topological polar surface area (TPSA) is 42.0 Å². The van der Waals surface area contributed by atoms with Gasteiger partial charge in [0.05, 0.1) is 11.6 Å². The second kappa shape index (κ2) is 6.65. The van der Waals surface area contributed by atoms with Crippen LogP contribution >= 0.6 is 23.4 Å². The van der Waals surface area contributed by atoms with Crippen molar-refractivity contribution in [3.63, 3.8) is 0 Å². The Kier molecular flexibility index (Phi) is 4.36. The fourth-order valence-corrected chi connectivity index (χ4v) is 4.26. The van der Waals surface area contributed by atoms with Gasteiger partial charge in [0, 0.05) is 21.6 Å². The number of amides is 1. The summed E-state index contributed by atoms with van der Waals surface area (Å²) in [5.74, 6) is 0.433. The summed E-state index contributed by atoms with van der Waals surface area (Å²) in [6.45, 7) is 0. The van der Waals surface area contributed by atoms with Gasteiger partial charge >= 0.3 is 0 Å². The first-order valence-corrected chi connectivity index (χ1v) is 9.26. The Labute approximate surface area is 153 Å². The van der Waals surface area contributed by atoms with Crippen molar-refractivity contribution in [2.45, 2.75) is 17.4 Å². The molecule has 0 aliphatic carbocycles. The van der Waals surface area contributed by atoms with E-state index in [-0.39, 0.29) is 17.8 Å². The van der Waals surface area contributed by atoms with E-state index in [2.05, 4.69) is 10.3 Å². The quantitative estimate of drug-likeness (QED) is 0.644. The molecule has 1 aliphatic heterocycles. The lowest BCUT2D eigenvalue weighted by atomic mass is 10.0. The number of fused-ring (bicyclic) bond motifs is 2. The Hall–Kier alpha value is -2.11. The van der Waals surface area contributed by atoms with E-state index in [9.17, 15) is 9.18 Å². The molecule has 2 heterocycles. The zero-order valence-electron chi connectivity index (χ0n) is 13.1. The minimum absolute atomic E-state index is 0.177. The average molecular weight is 373 g/mol. The molecule has 1 unspecified atom stereocenters. The molecule has 1 amide bonds. The van der Waals surface area contributed by atoms with Crippen LogP contribution in [0.5, 0.6) is 0 Å². The summed E-state index contributed by atoms with van der Waals surface area (Å²) in [6.07, 6.45) is 0.775. The molecule has 2 aromatic carbocycles. The molecule has 3 aromatic rings. The Morgan fingerprint density at radius 1 is 1.20 bits per heavy atom. The fraction of sp³-hybridized carbons (Fsp3) is 0.158. The van der Waals surface area contributed by atoms with Gasteiger partial charge in [-0.1, -0.05) is 11.6 Å². The van der Waals surface area contributed by atoms with Crippen LogP contribution in [0.15, 0.2) is 53.4 Å². The van der Waals surface area contributed by atoms with Gasteiger partial charge in [0.15, 0.2) is 0 Å². The summed E-state index contributed by atoms with van der Waals surface area (Å²) in [5, 5.41) is 4.30. The Balaban J connectivity index is 1.61. The third kappa shape index (κ3) is 3.34. The molecule has 1 aromatic heterocycles. The van der Waals surface area contributed by atoms with Gasteiger partial charge in [0.25, 0.3) is 5.91 Å². The molecule has 0 spiro atoms. The van der Waals surface area contributed by atoms with Gasteiger partial charge in [-0.3, -0.25) is 4.79 Å². The van der Waals surface area contributed by atoms with Gasteiger partial charge in [0.2, 0.25) is 0 Å². The number of halogens is 2. The molecule has 0 bridgehead atoms. The Bertz CT molecular complexity index is 979. The lowest BCUT2D eigenvalue weighted by molar-refractivity contribution is 0.0935. The van der Waals surface area contributed by atoms with Gasteiger partial charge < -0.3 is 5.32 Å². The zero-order valence-corrected chi connectivity index (χ0v) is 14.7. The number of carbonyl (C=O) groups is 1. The van der Waals surface area contributed by atoms with E-state index in [0.717, 1.165) is 33.5 Å². The molecule has 0 saturated heterocycles. The number of benzene rings is 2. The average Bonchev–Trinajstić information content (AvgIpc) is 2.61. The van der Waals surface area contributed by atoms with Crippen molar-refractivity contribution in [3.8, 4) is 0 Å². The minimum Gasteiger partial charge on any atom is -0.345 e. The highest BCUT2D eigenvalue weighted by molar-refractivity contribution is 7.99. The van der Waals surface area contributed by atoms with Gasteiger partial charge in [-0.05, 0) is 60.5 Å². The number of thioether (sulfide) groups is 1. The second-order valence-corrected chi connectivity index (χ2v) is 7.41. The van der Waals surface area contributed by atoms with Gasteiger partial charge in [0.1, 0.15) is 11.0 Å². The van der Waals surface area contributed by atoms with Crippen LogP contribution in [0.25, 0.3) is 10.9 Å². The number of pyridine rings is 1. The molecule has 6 heteroatoms. The standard InChI is InChI=1S/C19H14ClFN2OS/c20-18-6-2-11-9-12(1-4-15(11)22-18)19(24)23-16-7-8-25-17-5-3-13(21)10-14(16)17/h1-6,9-10,16H,7-8H2,(H,23,24). The monoisotopic (exact) mass is 372 g/mol. The van der Waals surface area contributed by atoms with E-state index < -0.39 is 0 Å². The maximum absolute atomic E-state index is 13.6. The second-order valence-electron chi connectivity index (χ2n) is 5.89. The van der Waals surface area contributed by atoms with Crippen molar-refractivity contribution in [3.05, 3.63) is 70.6 Å². The molecule has 0 fully saturated rings. The third-order valence-corrected chi connectivity index (χ3v) is 5.57.